The van der Waals surface area contributed by atoms with Crippen molar-refractivity contribution in [2.45, 2.75) is 13.0 Å². The Hall–Kier alpha value is -2.44. The van der Waals surface area contributed by atoms with Gasteiger partial charge in [-0.25, -0.2) is 4.98 Å². The number of hydrogen-bond acceptors (Lipinski definition) is 5. The molecule has 0 spiro atoms. The third kappa shape index (κ3) is 5.77. The molecule has 0 unspecified atom stereocenters. The lowest BCUT2D eigenvalue weighted by Gasteiger charge is -2.36. The molecule has 1 amide bonds. The van der Waals surface area contributed by atoms with E-state index in [1.807, 2.05) is 47.5 Å². The maximum Gasteiger partial charge on any atom is 0.237 e. The van der Waals surface area contributed by atoms with Crippen LogP contribution in [0.25, 0.3) is 0 Å². The Morgan fingerprint density at radius 2 is 1.78 bits per heavy atom. The zero-order valence-corrected chi connectivity index (χ0v) is 15.8. The fraction of sp³-hybridized carbons (Fsp3) is 0.429. The van der Waals surface area contributed by atoms with Crippen LogP contribution in [0.1, 0.15) is 12.0 Å². The smallest absolute Gasteiger partial charge is 0.237 e. The van der Waals surface area contributed by atoms with Crippen molar-refractivity contribution >= 4 is 11.7 Å². The topological polar surface area (TPSA) is 65.7 Å². The number of piperazine rings is 1. The average Bonchev–Trinajstić information content (AvgIpc) is 2.73. The summed E-state index contributed by atoms with van der Waals surface area (Å²) in [5.74, 6) is 1.19. The van der Waals surface area contributed by atoms with Crippen molar-refractivity contribution in [3.8, 4) is 0 Å². The van der Waals surface area contributed by atoms with E-state index in [1.165, 1.54) is 0 Å². The highest BCUT2D eigenvalue weighted by Gasteiger charge is 2.22. The molecule has 144 valence electrons. The van der Waals surface area contributed by atoms with Crippen molar-refractivity contribution in [2.24, 2.45) is 5.73 Å². The van der Waals surface area contributed by atoms with E-state index in [4.69, 9.17) is 5.73 Å². The van der Waals surface area contributed by atoms with Gasteiger partial charge in [0.15, 0.2) is 0 Å². The van der Waals surface area contributed by atoms with Crippen LogP contribution >= 0.6 is 0 Å². The molecule has 6 heteroatoms. The normalized spacial score (nSPS) is 14.9. The Morgan fingerprint density at radius 3 is 2.44 bits per heavy atom. The first-order chi connectivity index (χ1) is 13.3. The van der Waals surface area contributed by atoms with E-state index in [9.17, 15) is 4.79 Å². The molecule has 1 fully saturated rings. The highest BCUT2D eigenvalue weighted by molar-refractivity contribution is 5.78. The second-order valence-electron chi connectivity index (χ2n) is 6.89. The number of carbonyl (C=O) groups is 1. The van der Waals surface area contributed by atoms with E-state index < -0.39 is 0 Å². The Bertz CT molecular complexity index is 686. The standard InChI is InChI=1S/C21H29N5O/c22-10-6-12-26(17-19-7-2-1-3-8-19)21(27)18-24-13-15-25(16-14-24)20-9-4-5-11-23-20/h1-5,7-9,11H,6,10,12-18,22H2. The van der Waals surface area contributed by atoms with Crippen molar-refractivity contribution in [2.75, 3.05) is 50.7 Å². The van der Waals surface area contributed by atoms with Crippen LogP contribution < -0.4 is 10.6 Å². The van der Waals surface area contributed by atoms with Crippen LogP contribution in [-0.4, -0.2) is 66.5 Å². The minimum absolute atomic E-state index is 0.179. The molecule has 0 saturated carbocycles. The Balaban J connectivity index is 1.52. The summed E-state index contributed by atoms with van der Waals surface area (Å²) in [4.78, 5) is 23.8. The van der Waals surface area contributed by atoms with E-state index in [2.05, 4.69) is 26.9 Å². The van der Waals surface area contributed by atoms with Crippen molar-refractivity contribution < 1.29 is 4.79 Å². The predicted molar refractivity (Wildman–Crippen MR) is 108 cm³/mol. The molecule has 6 nitrogen and oxygen atoms in total. The van der Waals surface area contributed by atoms with Gasteiger partial charge in [0.05, 0.1) is 6.54 Å². The van der Waals surface area contributed by atoms with Gasteiger partial charge >= 0.3 is 0 Å². The van der Waals surface area contributed by atoms with Gasteiger partial charge in [0.1, 0.15) is 5.82 Å². The lowest BCUT2D eigenvalue weighted by atomic mass is 10.2. The van der Waals surface area contributed by atoms with Crippen molar-refractivity contribution in [3.63, 3.8) is 0 Å². The van der Waals surface area contributed by atoms with Gasteiger partial charge in [0, 0.05) is 45.5 Å². The number of anilines is 1. The number of aromatic nitrogens is 1. The SMILES string of the molecule is NCCCN(Cc1ccccc1)C(=O)CN1CCN(c2ccccn2)CC1. The summed E-state index contributed by atoms with van der Waals surface area (Å²) in [5, 5.41) is 0. The quantitative estimate of drug-likeness (QED) is 0.767. The van der Waals surface area contributed by atoms with Crippen molar-refractivity contribution in [3.05, 3.63) is 60.3 Å². The number of benzene rings is 1. The van der Waals surface area contributed by atoms with Gasteiger partial charge < -0.3 is 15.5 Å². The zero-order chi connectivity index (χ0) is 18.9. The van der Waals surface area contributed by atoms with Gasteiger partial charge in [-0.3, -0.25) is 9.69 Å². The lowest BCUT2D eigenvalue weighted by Crippen LogP contribution is -2.50. The number of rotatable bonds is 8. The summed E-state index contributed by atoms with van der Waals surface area (Å²) in [6.07, 6.45) is 2.65. The molecule has 0 radical (unpaired) electrons. The van der Waals surface area contributed by atoms with E-state index in [-0.39, 0.29) is 5.91 Å². The third-order valence-corrected chi connectivity index (χ3v) is 4.91. The summed E-state index contributed by atoms with van der Waals surface area (Å²) < 4.78 is 0. The highest BCUT2D eigenvalue weighted by Crippen LogP contribution is 2.13. The predicted octanol–water partition coefficient (Wildman–Crippen LogP) is 1.58. The van der Waals surface area contributed by atoms with E-state index >= 15 is 0 Å². The highest BCUT2D eigenvalue weighted by atomic mass is 16.2. The van der Waals surface area contributed by atoms with Crippen LogP contribution in [0.4, 0.5) is 5.82 Å². The second-order valence-corrected chi connectivity index (χ2v) is 6.89. The minimum Gasteiger partial charge on any atom is -0.354 e. The number of pyridine rings is 1. The van der Waals surface area contributed by atoms with Crippen LogP contribution in [0.2, 0.25) is 0 Å². The molecule has 2 heterocycles. The van der Waals surface area contributed by atoms with Crippen molar-refractivity contribution in [1.29, 1.82) is 0 Å². The maximum atomic E-state index is 12.9. The van der Waals surface area contributed by atoms with Gasteiger partial charge in [-0.2, -0.15) is 0 Å². The Labute approximate surface area is 161 Å². The number of hydrogen-bond donors (Lipinski definition) is 1. The second kappa shape index (κ2) is 10.0. The summed E-state index contributed by atoms with van der Waals surface area (Å²) in [6.45, 7) is 5.95. The first-order valence-electron chi connectivity index (χ1n) is 9.66. The minimum atomic E-state index is 0.179. The fourth-order valence-electron chi connectivity index (χ4n) is 3.35. The van der Waals surface area contributed by atoms with E-state index in [0.29, 0.717) is 26.2 Å². The molecular weight excluding hydrogens is 338 g/mol. The molecular formula is C21H29N5O. The Morgan fingerprint density at radius 1 is 1.04 bits per heavy atom. The van der Waals surface area contributed by atoms with Gasteiger partial charge in [-0.15, -0.1) is 0 Å². The van der Waals surface area contributed by atoms with Crippen LogP contribution in [-0.2, 0) is 11.3 Å². The number of carbonyl (C=O) groups excluding carboxylic acids is 1. The average molecular weight is 367 g/mol. The summed E-state index contributed by atoms with van der Waals surface area (Å²) in [7, 11) is 0. The first kappa shape index (κ1) is 19.3. The van der Waals surface area contributed by atoms with E-state index in [0.717, 1.165) is 44.0 Å². The monoisotopic (exact) mass is 367 g/mol. The molecule has 0 atom stereocenters. The van der Waals surface area contributed by atoms with Crippen LogP contribution in [0.3, 0.4) is 0 Å². The molecule has 27 heavy (non-hydrogen) atoms. The molecule has 1 saturated heterocycles. The molecule has 3 rings (SSSR count). The van der Waals surface area contributed by atoms with Crippen LogP contribution in [0.5, 0.6) is 0 Å². The largest absolute Gasteiger partial charge is 0.354 e. The summed E-state index contributed by atoms with van der Waals surface area (Å²) in [5.41, 5.74) is 6.82. The van der Waals surface area contributed by atoms with Gasteiger partial charge in [0.2, 0.25) is 5.91 Å². The van der Waals surface area contributed by atoms with Gasteiger partial charge in [-0.1, -0.05) is 36.4 Å². The molecule has 2 N–H and O–H groups in total. The number of nitrogens with two attached hydrogens (primary N) is 1. The van der Waals surface area contributed by atoms with Crippen LogP contribution in [0.15, 0.2) is 54.7 Å². The number of amides is 1. The molecule has 1 aromatic heterocycles. The van der Waals surface area contributed by atoms with Crippen molar-refractivity contribution in [1.82, 2.24) is 14.8 Å². The Kier molecular flexibility index (Phi) is 7.19. The fourth-order valence-corrected chi connectivity index (χ4v) is 3.35. The third-order valence-electron chi connectivity index (χ3n) is 4.91. The maximum absolute atomic E-state index is 12.9. The molecule has 2 aromatic rings. The summed E-state index contributed by atoms with van der Waals surface area (Å²) >= 11 is 0. The molecule has 0 bridgehead atoms. The van der Waals surface area contributed by atoms with E-state index in [1.54, 1.807) is 0 Å². The number of nitrogens with zero attached hydrogens (tertiary/aromatic N) is 4. The zero-order valence-electron chi connectivity index (χ0n) is 15.8. The van der Waals surface area contributed by atoms with Crippen LogP contribution in [0, 0.1) is 0 Å². The van der Waals surface area contributed by atoms with Gasteiger partial charge in [-0.05, 0) is 30.7 Å². The molecule has 0 aliphatic carbocycles. The lowest BCUT2D eigenvalue weighted by molar-refractivity contribution is -0.133. The first-order valence-corrected chi connectivity index (χ1v) is 9.66. The molecule has 1 aliphatic heterocycles. The molecule has 1 aliphatic rings. The van der Waals surface area contributed by atoms with Gasteiger partial charge in [0.25, 0.3) is 0 Å². The summed E-state index contributed by atoms with van der Waals surface area (Å²) in [6, 6.07) is 16.1. The molecule has 1 aromatic carbocycles.